The van der Waals surface area contributed by atoms with Crippen LogP contribution in [0.15, 0.2) is 24.3 Å². The monoisotopic (exact) mass is 333 g/mol. The van der Waals surface area contributed by atoms with Gasteiger partial charge < -0.3 is 20.3 Å². The molecule has 0 fully saturated rings. The van der Waals surface area contributed by atoms with Gasteiger partial charge in [0.15, 0.2) is 6.29 Å². The molecule has 0 radical (unpaired) electrons. The summed E-state index contributed by atoms with van der Waals surface area (Å²) in [6.45, 7) is 2.05. The quantitative estimate of drug-likeness (QED) is 0.266. The minimum atomic E-state index is -4.20. The number of carbonyl (C=O) groups excluding carboxylic acids is 1. The molecule has 0 aromatic heterocycles. The van der Waals surface area contributed by atoms with Gasteiger partial charge in [-0.1, -0.05) is 12.1 Å². The van der Waals surface area contributed by atoms with Crippen molar-refractivity contribution in [3.63, 3.8) is 0 Å². The van der Waals surface area contributed by atoms with Crippen molar-refractivity contribution in [2.75, 3.05) is 12.4 Å². The molecule has 2 atom stereocenters. The number of benzene rings is 1. The lowest BCUT2D eigenvalue weighted by Gasteiger charge is -2.19. The first-order chi connectivity index (χ1) is 10.2. The Labute approximate surface area is 128 Å². The molecule has 0 saturated carbocycles. The van der Waals surface area contributed by atoms with E-state index in [1.54, 1.807) is 19.1 Å². The summed E-state index contributed by atoms with van der Waals surface area (Å²) in [6.07, 6.45) is -1.60. The fraction of sp³-hybridized carbons (Fsp3) is 0.462. The average Bonchev–Trinajstić information content (AvgIpc) is 2.45. The van der Waals surface area contributed by atoms with Gasteiger partial charge in [-0.05, 0) is 24.6 Å². The predicted molar refractivity (Wildman–Crippen MR) is 77.7 cm³/mol. The Morgan fingerprint density at radius 3 is 2.41 bits per heavy atom. The predicted octanol–water partition coefficient (Wildman–Crippen LogP) is 0.225. The van der Waals surface area contributed by atoms with Crippen LogP contribution in [0.25, 0.3) is 0 Å². The molecule has 1 rings (SSSR count). The number of ether oxygens (including phenoxy) is 2. The number of hydrogen-bond donors (Lipinski definition) is 3. The maximum Gasteiger partial charge on any atom is 0.312 e. The molecule has 0 aliphatic rings. The van der Waals surface area contributed by atoms with E-state index in [0.717, 1.165) is 0 Å². The molecule has 0 saturated heterocycles. The van der Waals surface area contributed by atoms with Crippen LogP contribution in [-0.2, 0) is 19.6 Å². The minimum Gasteiger partial charge on any atom is -0.427 e. The largest absolute Gasteiger partial charge is 0.427 e. The standard InChI is InChI=1S/C13H19NO7S/c1-2-20-13(16)12(14)9-3-5-10(6-4-9)21-11(15)7-8-22(17,18)19/h3-6,12-13,16H,2,7-8,14H2,1H3,(H,17,18,19). The molecule has 1 aromatic rings. The SMILES string of the molecule is CCOC(O)C(N)c1ccc(OC(=O)CCS(=O)(=O)O)cc1. The molecule has 0 spiro atoms. The molecule has 0 bridgehead atoms. The van der Waals surface area contributed by atoms with E-state index in [1.165, 1.54) is 12.1 Å². The number of esters is 1. The second-order valence-electron chi connectivity index (χ2n) is 4.45. The first-order valence-corrected chi connectivity index (χ1v) is 8.15. The lowest BCUT2D eigenvalue weighted by atomic mass is 10.1. The first kappa shape index (κ1) is 18.5. The van der Waals surface area contributed by atoms with Crippen molar-refractivity contribution >= 4 is 16.1 Å². The fourth-order valence-electron chi connectivity index (χ4n) is 1.59. The number of aliphatic hydroxyl groups is 1. The van der Waals surface area contributed by atoms with Gasteiger partial charge in [-0.25, -0.2) is 0 Å². The van der Waals surface area contributed by atoms with Gasteiger partial charge in [0.2, 0.25) is 0 Å². The lowest BCUT2D eigenvalue weighted by Crippen LogP contribution is -2.28. The number of hydrogen-bond acceptors (Lipinski definition) is 7. The van der Waals surface area contributed by atoms with Crippen molar-refractivity contribution in [2.24, 2.45) is 5.73 Å². The Bertz CT molecular complexity index is 585. The summed E-state index contributed by atoms with van der Waals surface area (Å²) in [5, 5.41) is 9.62. The smallest absolute Gasteiger partial charge is 0.312 e. The summed E-state index contributed by atoms with van der Waals surface area (Å²) in [5.74, 6) is -1.29. The van der Waals surface area contributed by atoms with E-state index in [0.29, 0.717) is 12.2 Å². The van der Waals surface area contributed by atoms with Crippen molar-refractivity contribution in [1.82, 2.24) is 0 Å². The zero-order chi connectivity index (χ0) is 16.8. The molecular weight excluding hydrogens is 314 g/mol. The fourth-order valence-corrected chi connectivity index (χ4v) is 2.02. The molecule has 0 amide bonds. The first-order valence-electron chi connectivity index (χ1n) is 6.54. The van der Waals surface area contributed by atoms with Crippen LogP contribution in [0, 0.1) is 0 Å². The molecule has 22 heavy (non-hydrogen) atoms. The van der Waals surface area contributed by atoms with Crippen LogP contribution >= 0.6 is 0 Å². The van der Waals surface area contributed by atoms with Crippen LogP contribution in [0.2, 0.25) is 0 Å². The lowest BCUT2D eigenvalue weighted by molar-refractivity contribution is -0.134. The van der Waals surface area contributed by atoms with E-state index >= 15 is 0 Å². The highest BCUT2D eigenvalue weighted by Crippen LogP contribution is 2.19. The summed E-state index contributed by atoms with van der Waals surface area (Å²) >= 11 is 0. The molecule has 2 unspecified atom stereocenters. The van der Waals surface area contributed by atoms with Crippen molar-refractivity contribution in [3.8, 4) is 5.75 Å². The maximum absolute atomic E-state index is 11.4. The Morgan fingerprint density at radius 1 is 1.32 bits per heavy atom. The second kappa shape index (κ2) is 8.20. The van der Waals surface area contributed by atoms with Crippen molar-refractivity contribution < 1.29 is 32.3 Å². The van der Waals surface area contributed by atoms with Crippen molar-refractivity contribution in [2.45, 2.75) is 25.7 Å². The van der Waals surface area contributed by atoms with E-state index in [-0.39, 0.29) is 5.75 Å². The third-order valence-corrected chi connectivity index (χ3v) is 3.43. The minimum absolute atomic E-state index is 0.196. The highest BCUT2D eigenvalue weighted by molar-refractivity contribution is 7.85. The van der Waals surface area contributed by atoms with Crippen LogP contribution in [0.1, 0.15) is 24.9 Å². The van der Waals surface area contributed by atoms with Crippen LogP contribution in [0.3, 0.4) is 0 Å². The Hall–Kier alpha value is -1.52. The van der Waals surface area contributed by atoms with E-state index in [1.807, 2.05) is 0 Å². The highest BCUT2D eigenvalue weighted by Gasteiger charge is 2.17. The summed E-state index contributed by atoms with van der Waals surface area (Å²) in [6, 6.07) is 5.28. The van der Waals surface area contributed by atoms with Gasteiger partial charge in [0.25, 0.3) is 10.1 Å². The van der Waals surface area contributed by atoms with Crippen molar-refractivity contribution in [1.29, 1.82) is 0 Å². The average molecular weight is 333 g/mol. The number of carbonyl (C=O) groups is 1. The van der Waals surface area contributed by atoms with Crippen LogP contribution in [-0.4, -0.2) is 42.7 Å². The van der Waals surface area contributed by atoms with Gasteiger partial charge in [0.05, 0.1) is 18.2 Å². The second-order valence-corrected chi connectivity index (χ2v) is 6.02. The van der Waals surface area contributed by atoms with Crippen LogP contribution in [0.4, 0.5) is 0 Å². The summed E-state index contributed by atoms with van der Waals surface area (Å²) in [7, 11) is -4.20. The molecule has 8 nitrogen and oxygen atoms in total. The van der Waals surface area contributed by atoms with E-state index in [9.17, 15) is 18.3 Å². The van der Waals surface area contributed by atoms with E-state index < -0.39 is 40.6 Å². The Morgan fingerprint density at radius 2 is 1.91 bits per heavy atom. The van der Waals surface area contributed by atoms with Gasteiger partial charge in [-0.3, -0.25) is 9.35 Å². The third kappa shape index (κ3) is 6.50. The number of rotatable bonds is 8. The summed E-state index contributed by atoms with van der Waals surface area (Å²) in [4.78, 5) is 11.4. The van der Waals surface area contributed by atoms with Crippen LogP contribution in [0.5, 0.6) is 5.75 Å². The van der Waals surface area contributed by atoms with Gasteiger partial charge in [-0.2, -0.15) is 8.42 Å². The van der Waals surface area contributed by atoms with Gasteiger partial charge in [0.1, 0.15) is 5.75 Å². The summed E-state index contributed by atoms with van der Waals surface area (Å²) in [5.41, 5.74) is 6.38. The van der Waals surface area contributed by atoms with Gasteiger partial charge in [0, 0.05) is 6.61 Å². The Balaban J connectivity index is 2.59. The molecule has 1 aromatic carbocycles. The van der Waals surface area contributed by atoms with E-state index in [4.69, 9.17) is 19.8 Å². The zero-order valence-electron chi connectivity index (χ0n) is 12.0. The molecular formula is C13H19NO7S. The molecule has 9 heteroatoms. The molecule has 0 heterocycles. The molecule has 0 aliphatic heterocycles. The topological polar surface area (TPSA) is 136 Å². The summed E-state index contributed by atoms with van der Waals surface area (Å²) < 4.78 is 39.5. The van der Waals surface area contributed by atoms with Crippen molar-refractivity contribution in [3.05, 3.63) is 29.8 Å². The van der Waals surface area contributed by atoms with E-state index in [2.05, 4.69) is 0 Å². The van der Waals surface area contributed by atoms with Crippen LogP contribution < -0.4 is 10.5 Å². The van der Waals surface area contributed by atoms with Gasteiger partial charge in [-0.15, -0.1) is 0 Å². The molecule has 4 N–H and O–H groups in total. The Kier molecular flexibility index (Phi) is 6.91. The highest BCUT2D eigenvalue weighted by atomic mass is 32.2. The molecule has 0 aliphatic carbocycles. The number of nitrogens with two attached hydrogens (primary N) is 1. The number of aliphatic hydroxyl groups excluding tert-OH is 1. The normalized spacial score (nSPS) is 14.4. The zero-order valence-corrected chi connectivity index (χ0v) is 12.8. The van der Waals surface area contributed by atoms with Gasteiger partial charge >= 0.3 is 5.97 Å². The molecule has 124 valence electrons. The third-order valence-electron chi connectivity index (χ3n) is 2.71. The maximum atomic E-state index is 11.4.